The first-order valence-corrected chi connectivity index (χ1v) is 13.2. The lowest BCUT2D eigenvalue weighted by Gasteiger charge is -2.24. The lowest BCUT2D eigenvalue weighted by molar-refractivity contribution is 0.0837. The quantitative estimate of drug-likeness (QED) is 0.235. The maximum atomic E-state index is 6.53. The Morgan fingerprint density at radius 1 is 1.19 bits per heavy atom. The molecule has 0 aliphatic carbocycles. The molecule has 0 aliphatic heterocycles. The predicted molar refractivity (Wildman–Crippen MR) is 118 cm³/mol. The van der Waals surface area contributed by atoms with Crippen LogP contribution in [0.5, 0.6) is 0 Å². The highest BCUT2D eigenvalue weighted by Gasteiger charge is 2.20. The molecule has 3 rings (SSSR count). The van der Waals surface area contributed by atoms with E-state index < -0.39 is 10.0 Å². The summed E-state index contributed by atoms with van der Waals surface area (Å²) >= 11 is 7.99. The maximum Gasteiger partial charge on any atom is 0.190 e. The molecule has 0 radical (unpaired) electrons. The Morgan fingerprint density at radius 3 is 2.59 bits per heavy atom. The van der Waals surface area contributed by atoms with Crippen LogP contribution in [-0.2, 0) is 11.5 Å². The van der Waals surface area contributed by atoms with Crippen LogP contribution < -0.4 is 0 Å². The van der Waals surface area contributed by atoms with Crippen molar-refractivity contribution in [2.75, 3.05) is 37.4 Å². The van der Waals surface area contributed by atoms with Gasteiger partial charge in [0.05, 0.1) is 12.0 Å². The fourth-order valence-corrected chi connectivity index (χ4v) is 3.96. The van der Waals surface area contributed by atoms with E-state index in [-0.39, 0.29) is 0 Å². The number of rotatable bonds is 7. The van der Waals surface area contributed by atoms with Gasteiger partial charge in [0, 0.05) is 11.3 Å². The van der Waals surface area contributed by atoms with E-state index in [4.69, 9.17) is 21.4 Å². The fraction of sp³-hybridized carbons (Fsp3) is 0.421. The van der Waals surface area contributed by atoms with Crippen LogP contribution >= 0.6 is 33.4 Å². The van der Waals surface area contributed by atoms with E-state index >= 15 is 0 Å². The highest BCUT2D eigenvalue weighted by molar-refractivity contribution is 8.32. The molecule has 0 aliphatic rings. The Bertz CT molecular complexity index is 953. The fourth-order valence-electron chi connectivity index (χ4n) is 2.68. The van der Waals surface area contributed by atoms with Crippen molar-refractivity contribution in [3.63, 3.8) is 0 Å². The largest absolute Gasteiger partial charge is 0.358 e. The Kier molecular flexibility index (Phi) is 6.35. The molecule has 0 amide bonds. The molecule has 0 unspecified atom stereocenters. The minimum atomic E-state index is -0.587. The molecule has 2 aromatic heterocycles. The van der Waals surface area contributed by atoms with Gasteiger partial charge in [0.25, 0.3) is 0 Å². The highest BCUT2D eigenvalue weighted by Crippen LogP contribution is 2.35. The van der Waals surface area contributed by atoms with Crippen molar-refractivity contribution in [3.8, 4) is 11.3 Å². The molecule has 0 bridgehead atoms. The van der Waals surface area contributed by atoms with Gasteiger partial charge in [-0.25, -0.2) is 24.7 Å². The second-order valence-corrected chi connectivity index (χ2v) is 12.9. The number of hydrogen-bond donors (Lipinski definition) is 0. The third-order valence-corrected chi connectivity index (χ3v) is 6.38. The minimum absolute atomic E-state index is 0.346. The van der Waals surface area contributed by atoms with Gasteiger partial charge in [-0.2, -0.15) is 5.10 Å². The van der Waals surface area contributed by atoms with Gasteiger partial charge in [0.15, 0.2) is 10.8 Å². The SMILES string of the molecule is CSc1nc(Cl)c2c(-c3ccccc3C)nn(COCCS(C)(C)C)c2n1. The Labute approximate surface area is 171 Å². The Morgan fingerprint density at radius 2 is 1.93 bits per heavy atom. The third kappa shape index (κ3) is 4.77. The molecule has 1 aromatic carbocycles. The molecule has 0 saturated carbocycles. The van der Waals surface area contributed by atoms with Crippen LogP contribution in [-0.4, -0.2) is 57.1 Å². The van der Waals surface area contributed by atoms with Gasteiger partial charge in [-0.05, 0) is 37.5 Å². The second-order valence-electron chi connectivity index (χ2n) is 7.20. The van der Waals surface area contributed by atoms with Crippen LogP contribution in [0.25, 0.3) is 22.3 Å². The van der Waals surface area contributed by atoms with E-state index in [1.165, 1.54) is 11.8 Å². The molecule has 146 valence electrons. The summed E-state index contributed by atoms with van der Waals surface area (Å²) in [6, 6.07) is 8.12. The van der Waals surface area contributed by atoms with Crippen LogP contribution in [0.1, 0.15) is 5.56 Å². The molecule has 0 atom stereocenters. The number of halogens is 1. The number of thioether (sulfide) groups is 1. The molecule has 27 heavy (non-hydrogen) atoms. The lowest BCUT2D eigenvalue weighted by atomic mass is 10.0. The Hall–Kier alpha value is -1.28. The molecule has 5 nitrogen and oxygen atoms in total. The molecule has 3 aromatic rings. The van der Waals surface area contributed by atoms with Crippen molar-refractivity contribution >= 4 is 44.4 Å². The van der Waals surface area contributed by atoms with Gasteiger partial charge in [0.2, 0.25) is 0 Å². The molecule has 2 heterocycles. The zero-order chi connectivity index (χ0) is 19.6. The molecule has 0 spiro atoms. The summed E-state index contributed by atoms with van der Waals surface area (Å²) in [5, 5.41) is 6.62. The number of nitrogens with zero attached hydrogens (tertiary/aromatic N) is 4. The van der Waals surface area contributed by atoms with Gasteiger partial charge in [-0.3, -0.25) is 0 Å². The lowest BCUT2D eigenvalue weighted by Crippen LogP contribution is -2.11. The van der Waals surface area contributed by atoms with Gasteiger partial charge < -0.3 is 4.74 Å². The first kappa shape index (κ1) is 20.5. The number of fused-ring (bicyclic) bond motifs is 1. The third-order valence-electron chi connectivity index (χ3n) is 4.16. The summed E-state index contributed by atoms with van der Waals surface area (Å²) in [5.41, 5.74) is 3.67. The van der Waals surface area contributed by atoms with E-state index in [0.29, 0.717) is 29.3 Å². The molecular weight excluding hydrogens is 400 g/mol. The molecule has 0 N–H and O–H groups in total. The zero-order valence-corrected chi connectivity index (χ0v) is 18.7. The van der Waals surface area contributed by atoms with Crippen molar-refractivity contribution in [2.24, 2.45) is 0 Å². The topological polar surface area (TPSA) is 52.8 Å². The second kappa shape index (κ2) is 8.39. The summed E-state index contributed by atoms with van der Waals surface area (Å²) in [6.45, 7) is 3.11. The van der Waals surface area contributed by atoms with E-state index in [0.717, 1.165) is 28.0 Å². The molecule has 0 fully saturated rings. The molecular formula is C19H25ClN4OS2. The van der Waals surface area contributed by atoms with Crippen molar-refractivity contribution < 1.29 is 4.74 Å². The van der Waals surface area contributed by atoms with Crippen LogP contribution in [0.15, 0.2) is 29.4 Å². The van der Waals surface area contributed by atoms with Crippen molar-refractivity contribution in [3.05, 3.63) is 35.0 Å². The van der Waals surface area contributed by atoms with Crippen molar-refractivity contribution in [1.82, 2.24) is 19.7 Å². The number of ether oxygens (including phenoxy) is 1. The average Bonchev–Trinajstić information content (AvgIpc) is 2.97. The normalized spacial score (nSPS) is 12.7. The van der Waals surface area contributed by atoms with E-state index in [1.807, 2.05) is 24.5 Å². The summed E-state index contributed by atoms with van der Waals surface area (Å²) in [6.07, 6.45) is 8.79. The molecule has 0 saturated heterocycles. The highest BCUT2D eigenvalue weighted by atomic mass is 35.5. The standard InChI is InChI=1S/C19H25ClN4OS2/c1-13-8-6-7-9-14(13)16-15-17(20)21-19(26-2)22-18(15)24(23-16)12-25-10-11-27(3,4)5/h6-9H,10-12H2,1-5H3. The van der Waals surface area contributed by atoms with Gasteiger partial charge in [-0.1, -0.05) is 47.6 Å². The number of aromatic nitrogens is 4. The number of aryl methyl sites for hydroxylation is 1. The number of hydrogen-bond acceptors (Lipinski definition) is 5. The maximum absolute atomic E-state index is 6.53. The summed E-state index contributed by atoms with van der Waals surface area (Å²) in [5.74, 6) is 1.06. The van der Waals surface area contributed by atoms with E-state index in [1.54, 1.807) is 4.68 Å². The average molecular weight is 425 g/mol. The van der Waals surface area contributed by atoms with E-state index in [2.05, 4.69) is 41.7 Å². The predicted octanol–water partition coefficient (Wildman–Crippen LogP) is 4.85. The first-order valence-electron chi connectivity index (χ1n) is 8.58. The monoisotopic (exact) mass is 424 g/mol. The van der Waals surface area contributed by atoms with Gasteiger partial charge in [0.1, 0.15) is 17.6 Å². The van der Waals surface area contributed by atoms with Crippen molar-refractivity contribution in [1.29, 1.82) is 0 Å². The smallest absolute Gasteiger partial charge is 0.190 e. The van der Waals surface area contributed by atoms with Gasteiger partial charge in [-0.15, -0.1) is 0 Å². The summed E-state index contributed by atoms with van der Waals surface area (Å²) in [4.78, 5) is 9.06. The van der Waals surface area contributed by atoms with Gasteiger partial charge >= 0.3 is 0 Å². The summed E-state index contributed by atoms with van der Waals surface area (Å²) < 4.78 is 7.70. The van der Waals surface area contributed by atoms with Crippen LogP contribution in [0.2, 0.25) is 5.15 Å². The Balaban J connectivity index is 2.03. The number of benzene rings is 1. The summed E-state index contributed by atoms with van der Waals surface area (Å²) in [7, 11) is -0.587. The first-order chi connectivity index (χ1) is 12.8. The van der Waals surface area contributed by atoms with E-state index in [9.17, 15) is 0 Å². The van der Waals surface area contributed by atoms with Crippen molar-refractivity contribution in [2.45, 2.75) is 18.8 Å². The minimum Gasteiger partial charge on any atom is -0.358 e. The van der Waals surface area contributed by atoms with Crippen LogP contribution in [0.4, 0.5) is 0 Å². The molecule has 8 heteroatoms. The van der Waals surface area contributed by atoms with Crippen LogP contribution in [0.3, 0.4) is 0 Å². The van der Waals surface area contributed by atoms with Crippen LogP contribution in [0, 0.1) is 6.92 Å². The zero-order valence-electron chi connectivity index (χ0n) is 16.3.